The van der Waals surface area contributed by atoms with Crippen molar-refractivity contribution in [3.8, 4) is 11.9 Å². The molecule has 2 aromatic carbocycles. The molecule has 1 aliphatic heterocycles. The van der Waals surface area contributed by atoms with Crippen LogP contribution in [0.3, 0.4) is 0 Å². The van der Waals surface area contributed by atoms with Gasteiger partial charge in [-0.3, -0.25) is 10.2 Å². The zero-order valence-corrected chi connectivity index (χ0v) is 15.1. The van der Waals surface area contributed by atoms with E-state index in [4.69, 9.17) is 5.41 Å². The number of hydrogen-bond acceptors (Lipinski definition) is 4. The molecule has 7 nitrogen and oxygen atoms in total. The molecule has 1 atom stereocenters. The first-order chi connectivity index (χ1) is 13.5. The molecular weight excluding hydrogens is 354 g/mol. The van der Waals surface area contributed by atoms with Gasteiger partial charge < -0.3 is 9.67 Å². The minimum absolute atomic E-state index is 0.0736. The van der Waals surface area contributed by atoms with Gasteiger partial charge in [-0.15, -0.1) is 0 Å². The summed E-state index contributed by atoms with van der Waals surface area (Å²) < 4.78 is 1.46. The number of nitrogens with zero attached hydrogens (tertiary/aromatic N) is 4. The number of rotatable bonds is 2. The van der Waals surface area contributed by atoms with E-state index in [-0.39, 0.29) is 29.3 Å². The third-order valence-electron chi connectivity index (χ3n) is 5.02. The van der Waals surface area contributed by atoms with E-state index in [2.05, 4.69) is 4.99 Å². The van der Waals surface area contributed by atoms with Crippen molar-refractivity contribution in [3.05, 3.63) is 76.1 Å². The first-order valence-corrected chi connectivity index (χ1v) is 8.74. The molecule has 0 aliphatic carbocycles. The Bertz CT molecular complexity index is 1220. The summed E-state index contributed by atoms with van der Waals surface area (Å²) in [6.07, 6.45) is 2.22. The summed E-state index contributed by atoms with van der Waals surface area (Å²) in [6, 6.07) is 15.9. The third kappa shape index (κ3) is 2.63. The predicted octanol–water partition coefficient (Wildman–Crippen LogP) is 2.90. The minimum atomic E-state index is -0.471. The molecule has 3 aromatic rings. The maximum absolute atomic E-state index is 13.0. The fraction of sp³-hybridized carbons (Fsp3) is 0.143. The number of pyridine rings is 1. The van der Waals surface area contributed by atoms with E-state index < -0.39 is 6.04 Å². The van der Waals surface area contributed by atoms with E-state index in [0.29, 0.717) is 16.6 Å². The average Bonchev–Trinajstić information content (AvgIpc) is 2.72. The van der Waals surface area contributed by atoms with E-state index in [1.54, 1.807) is 31.3 Å². The van der Waals surface area contributed by atoms with Gasteiger partial charge in [0.25, 0.3) is 5.56 Å². The summed E-state index contributed by atoms with van der Waals surface area (Å²) in [7, 11) is 1.64. The standard InChI is InChI=1S/C21H17N5O2/c1-25-16-10-6-5-9-14(16)19(27)18(20(25)28)15-11-17(13-7-3-2-4-8-13)26(12-22)21(23)24-15/h2-10,17,23,27H,11H2,1H3. The van der Waals surface area contributed by atoms with Gasteiger partial charge in [-0.25, -0.2) is 9.89 Å². The highest BCUT2D eigenvalue weighted by atomic mass is 16.3. The minimum Gasteiger partial charge on any atom is -0.506 e. The van der Waals surface area contributed by atoms with E-state index in [9.17, 15) is 15.2 Å². The second-order valence-electron chi connectivity index (χ2n) is 6.59. The SMILES string of the molecule is Cn1c(=O)c(C2=NC(=N)N(C#N)C(c3ccccc3)C2)c(O)c2ccccc21. The first-order valence-electron chi connectivity index (χ1n) is 8.74. The smallest absolute Gasteiger partial charge is 0.263 e. The van der Waals surface area contributed by atoms with Crippen LogP contribution < -0.4 is 5.56 Å². The molecule has 0 bridgehead atoms. The molecule has 1 unspecified atom stereocenters. The summed E-state index contributed by atoms with van der Waals surface area (Å²) in [5.41, 5.74) is 1.43. The van der Waals surface area contributed by atoms with Crippen molar-refractivity contribution in [1.82, 2.24) is 9.47 Å². The molecule has 2 N–H and O–H groups in total. The zero-order valence-electron chi connectivity index (χ0n) is 15.1. The molecule has 1 aromatic heterocycles. The fourth-order valence-electron chi connectivity index (χ4n) is 3.61. The van der Waals surface area contributed by atoms with Gasteiger partial charge in [0.05, 0.1) is 17.3 Å². The van der Waals surface area contributed by atoms with Crippen LogP contribution in [-0.4, -0.2) is 26.2 Å². The largest absolute Gasteiger partial charge is 0.506 e. The quantitative estimate of drug-likeness (QED) is 0.676. The van der Waals surface area contributed by atoms with Gasteiger partial charge in [0.15, 0.2) is 6.19 Å². The van der Waals surface area contributed by atoms with Crippen LogP contribution in [0.2, 0.25) is 0 Å². The Balaban J connectivity index is 1.92. The van der Waals surface area contributed by atoms with Crippen LogP contribution in [0, 0.1) is 16.9 Å². The van der Waals surface area contributed by atoms with Crippen LogP contribution in [0.5, 0.6) is 5.75 Å². The molecular formula is C21H17N5O2. The van der Waals surface area contributed by atoms with Crippen molar-refractivity contribution in [1.29, 1.82) is 10.7 Å². The highest BCUT2D eigenvalue weighted by Crippen LogP contribution is 2.33. The van der Waals surface area contributed by atoms with Gasteiger partial charge in [0.1, 0.15) is 11.3 Å². The van der Waals surface area contributed by atoms with Crippen LogP contribution in [0.25, 0.3) is 10.9 Å². The van der Waals surface area contributed by atoms with Crippen molar-refractivity contribution >= 4 is 22.6 Å². The van der Waals surface area contributed by atoms with Crippen LogP contribution in [-0.2, 0) is 7.05 Å². The summed E-state index contributed by atoms with van der Waals surface area (Å²) >= 11 is 0. The Labute approximate surface area is 160 Å². The summed E-state index contributed by atoms with van der Waals surface area (Å²) in [4.78, 5) is 18.4. The number of aliphatic imine (C=N–C) groups is 1. The summed E-state index contributed by atoms with van der Waals surface area (Å²) in [6.45, 7) is 0. The number of nitrogens with one attached hydrogen (secondary N) is 1. The van der Waals surface area contributed by atoms with Crippen molar-refractivity contribution in [2.75, 3.05) is 0 Å². The second-order valence-corrected chi connectivity index (χ2v) is 6.59. The number of fused-ring (bicyclic) bond motifs is 1. The molecule has 138 valence electrons. The monoisotopic (exact) mass is 371 g/mol. The molecule has 2 heterocycles. The average molecular weight is 371 g/mol. The van der Waals surface area contributed by atoms with E-state index in [1.165, 1.54) is 9.47 Å². The van der Waals surface area contributed by atoms with Crippen LogP contribution in [0.15, 0.2) is 64.4 Å². The molecule has 0 fully saturated rings. The number of benzene rings is 2. The Morgan fingerprint density at radius 1 is 1.18 bits per heavy atom. The predicted molar refractivity (Wildman–Crippen MR) is 106 cm³/mol. The molecule has 0 saturated carbocycles. The van der Waals surface area contributed by atoms with Crippen molar-refractivity contribution in [3.63, 3.8) is 0 Å². The van der Waals surface area contributed by atoms with E-state index >= 15 is 0 Å². The van der Waals surface area contributed by atoms with Gasteiger partial charge in [-0.2, -0.15) is 5.26 Å². The number of aromatic nitrogens is 1. The lowest BCUT2D eigenvalue weighted by molar-refractivity contribution is 0.420. The molecule has 0 spiro atoms. The fourth-order valence-corrected chi connectivity index (χ4v) is 3.61. The Morgan fingerprint density at radius 3 is 2.57 bits per heavy atom. The summed E-state index contributed by atoms with van der Waals surface area (Å²) in [5, 5.41) is 29.0. The Hall–Kier alpha value is -3.92. The van der Waals surface area contributed by atoms with Crippen molar-refractivity contribution in [2.24, 2.45) is 12.0 Å². The lowest BCUT2D eigenvalue weighted by Gasteiger charge is -2.30. The maximum Gasteiger partial charge on any atom is 0.263 e. The molecule has 28 heavy (non-hydrogen) atoms. The Kier molecular flexibility index (Phi) is 4.17. The lowest BCUT2D eigenvalue weighted by atomic mass is 9.94. The normalized spacial score (nSPS) is 16.7. The number of guanidine groups is 1. The number of aryl methyl sites for hydroxylation is 1. The first kappa shape index (κ1) is 17.5. The topological polar surface area (TPSA) is 105 Å². The summed E-state index contributed by atoms with van der Waals surface area (Å²) in [5.74, 6) is -0.408. The second kappa shape index (κ2) is 6.67. The lowest BCUT2D eigenvalue weighted by Crippen LogP contribution is -2.37. The van der Waals surface area contributed by atoms with Gasteiger partial charge in [0, 0.05) is 18.9 Å². The molecule has 4 rings (SSSR count). The van der Waals surface area contributed by atoms with Crippen LogP contribution in [0.1, 0.15) is 23.6 Å². The third-order valence-corrected chi connectivity index (χ3v) is 5.02. The highest BCUT2D eigenvalue weighted by Gasteiger charge is 2.32. The number of nitriles is 1. The highest BCUT2D eigenvalue weighted by molar-refractivity contribution is 6.12. The number of aromatic hydroxyl groups is 1. The van der Waals surface area contributed by atoms with Crippen LogP contribution >= 0.6 is 0 Å². The Morgan fingerprint density at radius 2 is 1.86 bits per heavy atom. The molecule has 0 radical (unpaired) electrons. The van der Waals surface area contributed by atoms with Gasteiger partial charge in [-0.05, 0) is 17.7 Å². The molecule has 0 saturated heterocycles. The van der Waals surface area contributed by atoms with E-state index in [1.807, 2.05) is 36.5 Å². The van der Waals surface area contributed by atoms with Crippen molar-refractivity contribution in [2.45, 2.75) is 12.5 Å². The molecule has 0 amide bonds. The van der Waals surface area contributed by atoms with Crippen molar-refractivity contribution < 1.29 is 5.11 Å². The van der Waals surface area contributed by atoms with E-state index in [0.717, 1.165) is 5.56 Å². The molecule has 1 aliphatic rings. The van der Waals surface area contributed by atoms with Crippen LogP contribution in [0.4, 0.5) is 0 Å². The zero-order chi connectivity index (χ0) is 19.8. The van der Waals surface area contributed by atoms with Gasteiger partial charge >= 0.3 is 0 Å². The van der Waals surface area contributed by atoms with Gasteiger partial charge in [-0.1, -0.05) is 42.5 Å². The number of hydrogen-bond donors (Lipinski definition) is 2. The maximum atomic E-state index is 13.0. The number of para-hydroxylation sites is 1. The van der Waals surface area contributed by atoms with Gasteiger partial charge in [0.2, 0.25) is 5.96 Å². The molecule has 7 heteroatoms.